The molecule has 2 aromatic rings. The van der Waals surface area contributed by atoms with Gasteiger partial charge in [0.05, 0.1) is 7.11 Å². The van der Waals surface area contributed by atoms with Crippen molar-refractivity contribution in [3.8, 4) is 11.6 Å². The van der Waals surface area contributed by atoms with E-state index in [1.807, 2.05) is 45.0 Å². The number of amides is 1. The van der Waals surface area contributed by atoms with Crippen molar-refractivity contribution in [3.05, 3.63) is 30.5 Å². The maximum Gasteiger partial charge on any atom is 0.413 e. The molecule has 0 N–H and O–H groups in total. The monoisotopic (exact) mass is 344 g/mol. The van der Waals surface area contributed by atoms with E-state index in [9.17, 15) is 4.79 Å². The number of carbonyl (C=O) groups is 1. The van der Waals surface area contributed by atoms with Gasteiger partial charge in [0.25, 0.3) is 0 Å². The fourth-order valence-electron chi connectivity index (χ4n) is 2.87. The Bertz CT molecular complexity index is 770. The Kier molecular flexibility index (Phi) is 4.70. The van der Waals surface area contributed by atoms with E-state index in [1.165, 1.54) is 0 Å². The van der Waals surface area contributed by atoms with Crippen LogP contribution in [0.15, 0.2) is 30.5 Å². The normalized spacial score (nSPS) is 17.6. The van der Waals surface area contributed by atoms with E-state index in [0.29, 0.717) is 12.4 Å². The van der Waals surface area contributed by atoms with Crippen molar-refractivity contribution in [1.29, 1.82) is 0 Å². The first-order chi connectivity index (χ1) is 11.9. The zero-order valence-electron chi connectivity index (χ0n) is 15.1. The van der Waals surface area contributed by atoms with Gasteiger partial charge in [-0.25, -0.2) is 9.78 Å². The number of rotatable bonds is 3. The lowest BCUT2D eigenvalue weighted by Gasteiger charge is -2.28. The SMILES string of the molecule is COc1ccc2c(O[C@@H]3CCCN3C(=O)OC(C)(C)C)nccc2c1. The second kappa shape index (κ2) is 6.78. The molecule has 0 aliphatic carbocycles. The van der Waals surface area contributed by atoms with Crippen LogP contribution in [-0.2, 0) is 4.74 Å². The van der Waals surface area contributed by atoms with Gasteiger partial charge in [0.2, 0.25) is 5.88 Å². The van der Waals surface area contributed by atoms with Gasteiger partial charge in [0.1, 0.15) is 11.4 Å². The number of benzene rings is 1. The molecule has 0 bridgehead atoms. The summed E-state index contributed by atoms with van der Waals surface area (Å²) in [7, 11) is 1.64. The molecule has 6 nitrogen and oxygen atoms in total. The van der Waals surface area contributed by atoms with E-state index in [4.69, 9.17) is 14.2 Å². The van der Waals surface area contributed by atoms with Crippen molar-refractivity contribution in [2.75, 3.05) is 13.7 Å². The largest absolute Gasteiger partial charge is 0.497 e. The highest BCUT2D eigenvalue weighted by atomic mass is 16.6. The second-order valence-electron chi connectivity index (χ2n) is 7.09. The van der Waals surface area contributed by atoms with Crippen LogP contribution >= 0.6 is 0 Å². The van der Waals surface area contributed by atoms with Crippen LogP contribution in [0.3, 0.4) is 0 Å². The van der Waals surface area contributed by atoms with Crippen LogP contribution in [0, 0.1) is 0 Å². The molecule has 0 unspecified atom stereocenters. The van der Waals surface area contributed by atoms with Crippen LogP contribution in [0.2, 0.25) is 0 Å². The van der Waals surface area contributed by atoms with E-state index in [0.717, 1.165) is 29.4 Å². The van der Waals surface area contributed by atoms with Gasteiger partial charge in [-0.3, -0.25) is 4.90 Å². The Hall–Kier alpha value is -2.50. The molecule has 1 aromatic heterocycles. The fraction of sp³-hybridized carbons (Fsp3) is 0.474. The Morgan fingerprint density at radius 3 is 2.80 bits per heavy atom. The first-order valence-electron chi connectivity index (χ1n) is 8.46. The number of nitrogens with zero attached hydrogens (tertiary/aromatic N) is 2. The summed E-state index contributed by atoms with van der Waals surface area (Å²) in [6, 6.07) is 7.63. The molecule has 1 atom stereocenters. The minimum absolute atomic E-state index is 0.350. The molecule has 1 aliphatic rings. The molecule has 1 saturated heterocycles. The third kappa shape index (κ3) is 3.95. The number of ether oxygens (including phenoxy) is 3. The number of aromatic nitrogens is 1. The maximum atomic E-state index is 12.4. The number of hydrogen-bond acceptors (Lipinski definition) is 5. The van der Waals surface area contributed by atoms with Gasteiger partial charge >= 0.3 is 6.09 Å². The van der Waals surface area contributed by atoms with Crippen molar-refractivity contribution >= 4 is 16.9 Å². The Labute approximate surface area is 147 Å². The van der Waals surface area contributed by atoms with E-state index >= 15 is 0 Å². The van der Waals surface area contributed by atoms with Crippen LogP contribution in [0.4, 0.5) is 4.79 Å². The summed E-state index contributed by atoms with van der Waals surface area (Å²) < 4.78 is 16.8. The van der Waals surface area contributed by atoms with E-state index in [2.05, 4.69) is 4.98 Å². The summed E-state index contributed by atoms with van der Waals surface area (Å²) in [5.74, 6) is 1.29. The van der Waals surface area contributed by atoms with Crippen LogP contribution in [0.1, 0.15) is 33.6 Å². The lowest BCUT2D eigenvalue weighted by molar-refractivity contribution is -0.00574. The quantitative estimate of drug-likeness (QED) is 0.843. The topological polar surface area (TPSA) is 60.9 Å². The number of fused-ring (bicyclic) bond motifs is 1. The third-order valence-corrected chi connectivity index (χ3v) is 4.01. The van der Waals surface area contributed by atoms with Gasteiger partial charge in [0, 0.05) is 24.5 Å². The molecule has 1 aliphatic heterocycles. The number of carbonyl (C=O) groups excluding carboxylic acids is 1. The van der Waals surface area contributed by atoms with Gasteiger partial charge < -0.3 is 14.2 Å². The average Bonchev–Trinajstić information content (AvgIpc) is 3.01. The molecule has 0 spiro atoms. The van der Waals surface area contributed by atoms with Crippen LogP contribution in [0.5, 0.6) is 11.6 Å². The van der Waals surface area contributed by atoms with Crippen molar-refractivity contribution in [2.45, 2.75) is 45.4 Å². The zero-order valence-corrected chi connectivity index (χ0v) is 15.1. The summed E-state index contributed by atoms with van der Waals surface area (Å²) in [5.41, 5.74) is -0.529. The molecule has 1 aromatic carbocycles. The summed E-state index contributed by atoms with van der Waals surface area (Å²) in [5, 5.41) is 1.87. The highest BCUT2D eigenvalue weighted by molar-refractivity contribution is 5.87. The van der Waals surface area contributed by atoms with Crippen molar-refractivity contribution in [3.63, 3.8) is 0 Å². The molecule has 6 heteroatoms. The highest BCUT2D eigenvalue weighted by Gasteiger charge is 2.34. The number of methoxy groups -OCH3 is 1. The van der Waals surface area contributed by atoms with E-state index in [1.54, 1.807) is 18.2 Å². The van der Waals surface area contributed by atoms with Crippen molar-refractivity contribution in [2.24, 2.45) is 0 Å². The third-order valence-electron chi connectivity index (χ3n) is 4.01. The first-order valence-corrected chi connectivity index (χ1v) is 8.46. The molecule has 0 radical (unpaired) electrons. The van der Waals surface area contributed by atoms with Crippen LogP contribution in [-0.4, -0.2) is 41.5 Å². The van der Waals surface area contributed by atoms with Gasteiger partial charge in [-0.15, -0.1) is 0 Å². The van der Waals surface area contributed by atoms with Crippen molar-refractivity contribution < 1.29 is 19.0 Å². The van der Waals surface area contributed by atoms with Gasteiger partial charge in [-0.1, -0.05) is 0 Å². The Balaban J connectivity index is 1.81. The summed E-state index contributed by atoms with van der Waals surface area (Å²) in [4.78, 5) is 18.4. The van der Waals surface area contributed by atoms with E-state index < -0.39 is 5.60 Å². The second-order valence-corrected chi connectivity index (χ2v) is 7.09. The molecule has 3 rings (SSSR count). The van der Waals surface area contributed by atoms with Gasteiger partial charge in [-0.05, 0) is 56.8 Å². The van der Waals surface area contributed by atoms with E-state index in [-0.39, 0.29) is 12.3 Å². The molecule has 134 valence electrons. The predicted molar refractivity (Wildman–Crippen MR) is 94.9 cm³/mol. The lowest BCUT2D eigenvalue weighted by atomic mass is 10.1. The molecule has 0 saturated carbocycles. The summed E-state index contributed by atoms with van der Waals surface area (Å²) in [6.07, 6.45) is 2.62. The maximum absolute atomic E-state index is 12.4. The molecule has 25 heavy (non-hydrogen) atoms. The van der Waals surface area contributed by atoms with Crippen molar-refractivity contribution in [1.82, 2.24) is 9.88 Å². The average molecular weight is 344 g/mol. The minimum Gasteiger partial charge on any atom is -0.497 e. The molecular formula is C19H24N2O4. The number of likely N-dealkylation sites (tertiary alicyclic amines) is 1. The summed E-state index contributed by atoms with van der Waals surface area (Å²) in [6.45, 7) is 6.20. The predicted octanol–water partition coefficient (Wildman–Crippen LogP) is 3.98. The number of pyridine rings is 1. The lowest BCUT2D eigenvalue weighted by Crippen LogP contribution is -2.42. The Morgan fingerprint density at radius 2 is 2.08 bits per heavy atom. The molecular weight excluding hydrogens is 320 g/mol. The minimum atomic E-state index is -0.529. The summed E-state index contributed by atoms with van der Waals surface area (Å²) >= 11 is 0. The highest BCUT2D eigenvalue weighted by Crippen LogP contribution is 2.30. The van der Waals surface area contributed by atoms with Crippen LogP contribution < -0.4 is 9.47 Å². The smallest absolute Gasteiger partial charge is 0.413 e. The standard InChI is InChI=1S/C19H24N2O4/c1-19(2,3)25-18(22)21-11-5-6-16(21)24-17-15-8-7-14(23-4)12-13(15)9-10-20-17/h7-10,12,16H,5-6,11H2,1-4H3/t16-/m1/s1. The van der Waals surface area contributed by atoms with Gasteiger partial charge in [-0.2, -0.15) is 0 Å². The fourth-order valence-corrected chi connectivity index (χ4v) is 2.87. The Morgan fingerprint density at radius 1 is 1.28 bits per heavy atom. The molecule has 1 fully saturated rings. The number of hydrogen-bond donors (Lipinski definition) is 0. The first kappa shape index (κ1) is 17.3. The molecule has 1 amide bonds. The van der Waals surface area contributed by atoms with Crippen LogP contribution in [0.25, 0.3) is 10.8 Å². The molecule has 2 heterocycles. The zero-order chi connectivity index (χ0) is 18.0. The van der Waals surface area contributed by atoms with Gasteiger partial charge in [0.15, 0.2) is 6.23 Å².